The zero-order chi connectivity index (χ0) is 28.6. The fraction of sp³-hybridized carbons (Fsp3) is 0.448. The number of aliphatic hydroxyl groups is 1. The van der Waals surface area contributed by atoms with Gasteiger partial charge in [-0.25, -0.2) is 9.18 Å². The van der Waals surface area contributed by atoms with E-state index < -0.39 is 6.23 Å². The summed E-state index contributed by atoms with van der Waals surface area (Å²) in [6, 6.07) is 8.15. The fourth-order valence-corrected chi connectivity index (χ4v) is 7.58. The van der Waals surface area contributed by atoms with E-state index >= 15 is 0 Å². The highest BCUT2D eigenvalue weighted by Crippen LogP contribution is 2.45. The minimum Gasteiger partial charge on any atom is -0.383 e. The van der Waals surface area contributed by atoms with E-state index in [1.807, 2.05) is 24.8 Å². The van der Waals surface area contributed by atoms with E-state index in [9.17, 15) is 14.3 Å². The number of rotatable bonds is 8. The molecule has 1 aromatic heterocycles. The van der Waals surface area contributed by atoms with Crippen LogP contribution in [0.1, 0.15) is 13.8 Å². The lowest BCUT2D eigenvalue weighted by molar-refractivity contribution is -0.0208. The van der Waals surface area contributed by atoms with E-state index in [2.05, 4.69) is 21.8 Å². The number of nitrogens with one attached hydrogen (secondary N) is 1. The number of ether oxygens (including phenoxy) is 1. The molecule has 2 aromatic carbocycles. The van der Waals surface area contributed by atoms with Gasteiger partial charge in [0.25, 0.3) is 0 Å². The van der Waals surface area contributed by atoms with Crippen LogP contribution in [0.5, 0.6) is 0 Å². The summed E-state index contributed by atoms with van der Waals surface area (Å²) in [5.74, 6) is 0.965. The molecule has 2 aliphatic heterocycles. The summed E-state index contributed by atoms with van der Waals surface area (Å²) in [6.45, 7) is 10.6. The zero-order valence-electron chi connectivity index (χ0n) is 22.9. The van der Waals surface area contributed by atoms with Crippen molar-refractivity contribution in [1.82, 2.24) is 19.8 Å². The van der Waals surface area contributed by atoms with Gasteiger partial charge in [-0.05, 0) is 43.7 Å². The monoisotopic (exact) mass is 587 g/mol. The first-order chi connectivity index (χ1) is 19.2. The number of thioether (sulfide) groups is 1. The lowest BCUT2D eigenvalue weighted by Crippen LogP contribution is -2.60. The molecule has 2 N–H and O–H groups in total. The highest BCUT2D eigenvalue weighted by Gasteiger charge is 2.35. The number of hydrogen-bond acceptors (Lipinski definition) is 8. The highest BCUT2D eigenvalue weighted by molar-refractivity contribution is 7.99. The van der Waals surface area contributed by atoms with E-state index in [1.165, 1.54) is 18.2 Å². The van der Waals surface area contributed by atoms with E-state index in [4.69, 9.17) is 16.3 Å². The lowest BCUT2D eigenvalue weighted by atomic mass is 10.0. The van der Waals surface area contributed by atoms with Gasteiger partial charge in [-0.3, -0.25) is 9.47 Å². The second kappa shape index (κ2) is 12.2. The van der Waals surface area contributed by atoms with Gasteiger partial charge in [0.2, 0.25) is 0 Å². The predicted molar refractivity (Wildman–Crippen MR) is 160 cm³/mol. The van der Waals surface area contributed by atoms with Crippen LogP contribution in [0.25, 0.3) is 22.0 Å². The molecular formula is C29H35ClFN5O3S. The van der Waals surface area contributed by atoms with Crippen molar-refractivity contribution in [3.05, 3.63) is 64.3 Å². The molecule has 2 aliphatic rings. The molecule has 1 saturated heterocycles. The number of anilines is 1. The average Bonchev–Trinajstić information content (AvgIpc) is 3.11. The summed E-state index contributed by atoms with van der Waals surface area (Å²) in [5, 5.41) is 15.3. The fourth-order valence-electron chi connectivity index (χ4n) is 5.90. The van der Waals surface area contributed by atoms with Crippen LogP contribution in [0.3, 0.4) is 0 Å². The standard InChI is InChI=1S/C29H35ClFN5O3S/c1-5-24(37)36-17(2)13-34(14-18(36)3)28-22-12-23(30)25(19-6-8-20(31)9-7-19)27-26(22)35(29(38)33-28)15-21(16-40-27)32-10-11-39-4/h5-9,12,17-18,21,24,32,37H,1,10-11,13-16H2,2-4H3/t17-,18+,21?,24?. The number of nitrogens with zero attached hydrogens (tertiary/aromatic N) is 4. The molecule has 214 valence electrons. The van der Waals surface area contributed by atoms with Crippen LogP contribution in [0, 0.1) is 5.82 Å². The van der Waals surface area contributed by atoms with E-state index in [0.29, 0.717) is 49.4 Å². The molecule has 3 heterocycles. The first-order valence-electron chi connectivity index (χ1n) is 13.4. The van der Waals surface area contributed by atoms with Crippen molar-refractivity contribution in [2.75, 3.05) is 44.0 Å². The van der Waals surface area contributed by atoms with Crippen molar-refractivity contribution < 1.29 is 14.2 Å². The van der Waals surface area contributed by atoms with E-state index in [0.717, 1.165) is 26.9 Å². The van der Waals surface area contributed by atoms with Crippen LogP contribution >= 0.6 is 23.4 Å². The van der Waals surface area contributed by atoms with Gasteiger partial charge >= 0.3 is 5.69 Å². The van der Waals surface area contributed by atoms with Crippen LogP contribution in [-0.2, 0) is 11.3 Å². The van der Waals surface area contributed by atoms with Crippen LogP contribution in [0.2, 0.25) is 5.02 Å². The Morgan fingerprint density at radius 1 is 1.27 bits per heavy atom. The summed E-state index contributed by atoms with van der Waals surface area (Å²) < 4.78 is 20.8. The SMILES string of the molecule is C=CC(O)N1[C@H](C)CN(c2nc(=O)n3c4c(c(-c5ccc(F)cc5)c(Cl)cc24)SCC(NCCOC)C3)C[C@@H]1C. The van der Waals surface area contributed by atoms with Crippen LogP contribution in [0.4, 0.5) is 10.2 Å². The van der Waals surface area contributed by atoms with Crippen LogP contribution < -0.4 is 15.9 Å². The first-order valence-corrected chi connectivity index (χ1v) is 14.8. The third-order valence-corrected chi connectivity index (χ3v) is 9.21. The minimum absolute atomic E-state index is 0.00456. The van der Waals surface area contributed by atoms with Gasteiger partial charge in [0.15, 0.2) is 0 Å². The number of halogens is 2. The summed E-state index contributed by atoms with van der Waals surface area (Å²) in [7, 11) is 1.66. The molecule has 0 radical (unpaired) electrons. The van der Waals surface area contributed by atoms with Gasteiger partial charge in [0.05, 0.1) is 17.1 Å². The van der Waals surface area contributed by atoms with Gasteiger partial charge in [-0.15, -0.1) is 11.8 Å². The van der Waals surface area contributed by atoms with Gasteiger partial charge < -0.3 is 20.1 Å². The third-order valence-electron chi connectivity index (χ3n) is 7.66. The third kappa shape index (κ3) is 5.53. The zero-order valence-corrected chi connectivity index (χ0v) is 24.5. The molecule has 5 rings (SSSR count). The predicted octanol–water partition coefficient (Wildman–Crippen LogP) is 3.97. The van der Waals surface area contributed by atoms with E-state index in [-0.39, 0.29) is 29.6 Å². The lowest BCUT2D eigenvalue weighted by Gasteiger charge is -2.46. The molecule has 0 bridgehead atoms. The smallest absolute Gasteiger partial charge is 0.350 e. The Morgan fingerprint density at radius 2 is 1.98 bits per heavy atom. The molecule has 0 spiro atoms. The maximum absolute atomic E-state index is 13.8. The number of aromatic nitrogens is 2. The number of benzene rings is 2. The first kappa shape index (κ1) is 29.0. The summed E-state index contributed by atoms with van der Waals surface area (Å²) in [5.41, 5.74) is 2.02. The normalized spacial score (nSPS) is 22.4. The Labute approximate surface area is 242 Å². The van der Waals surface area contributed by atoms with Crippen molar-refractivity contribution in [3.63, 3.8) is 0 Å². The minimum atomic E-state index is -0.753. The second-order valence-electron chi connectivity index (χ2n) is 10.4. The van der Waals surface area contributed by atoms with Crippen molar-refractivity contribution in [2.24, 2.45) is 0 Å². The number of piperazine rings is 1. The molecule has 3 aromatic rings. The topological polar surface area (TPSA) is 82.9 Å². The molecule has 0 saturated carbocycles. The quantitative estimate of drug-likeness (QED) is 0.303. The van der Waals surface area contributed by atoms with Crippen LogP contribution in [-0.4, -0.2) is 83.0 Å². The molecule has 8 nitrogen and oxygen atoms in total. The number of aliphatic hydroxyl groups excluding tert-OH is 1. The van der Waals surface area contributed by atoms with Crippen molar-refractivity contribution in [1.29, 1.82) is 0 Å². The summed E-state index contributed by atoms with van der Waals surface area (Å²) in [6.07, 6.45) is 0.779. The highest BCUT2D eigenvalue weighted by atomic mass is 35.5. The largest absolute Gasteiger partial charge is 0.383 e. The Bertz CT molecular complexity index is 1440. The van der Waals surface area contributed by atoms with Crippen LogP contribution in [0.15, 0.2) is 52.7 Å². The molecule has 0 aliphatic carbocycles. The Hall–Kier alpha value is -2.47. The number of hydrogen-bond donors (Lipinski definition) is 2. The van der Waals surface area contributed by atoms with Gasteiger partial charge in [0.1, 0.15) is 17.9 Å². The maximum atomic E-state index is 13.8. The molecule has 2 unspecified atom stereocenters. The van der Waals surface area contributed by atoms with Crippen molar-refractivity contribution in [3.8, 4) is 11.1 Å². The summed E-state index contributed by atoms with van der Waals surface area (Å²) >= 11 is 8.64. The molecule has 11 heteroatoms. The molecule has 1 fully saturated rings. The second-order valence-corrected chi connectivity index (χ2v) is 11.9. The van der Waals surface area contributed by atoms with Gasteiger partial charge in [0, 0.05) is 73.0 Å². The molecule has 4 atom stereocenters. The Balaban J connectivity index is 1.67. The maximum Gasteiger partial charge on any atom is 0.350 e. The Kier molecular flexibility index (Phi) is 8.84. The molecule has 0 amide bonds. The molecular weight excluding hydrogens is 553 g/mol. The average molecular weight is 588 g/mol. The van der Waals surface area contributed by atoms with E-state index in [1.54, 1.807) is 35.6 Å². The van der Waals surface area contributed by atoms with Crippen molar-refractivity contribution >= 4 is 40.1 Å². The summed E-state index contributed by atoms with van der Waals surface area (Å²) in [4.78, 5) is 23.3. The molecule has 40 heavy (non-hydrogen) atoms. The number of methoxy groups -OCH3 is 1. The van der Waals surface area contributed by atoms with Gasteiger partial charge in [-0.1, -0.05) is 30.3 Å². The van der Waals surface area contributed by atoms with Gasteiger partial charge in [-0.2, -0.15) is 4.98 Å². The van der Waals surface area contributed by atoms with Crippen molar-refractivity contribution in [2.45, 2.75) is 49.6 Å². The Morgan fingerprint density at radius 3 is 2.62 bits per heavy atom.